The van der Waals surface area contributed by atoms with Crippen LogP contribution in [0.5, 0.6) is 5.75 Å². The molecule has 0 amide bonds. The molecule has 2 rings (SSSR count). The Labute approximate surface area is 116 Å². The SMILES string of the molecule is CC(C)n1ccc(COc2cc(Cl)ccc2Cl)n1. The van der Waals surface area contributed by atoms with Gasteiger partial charge in [-0.2, -0.15) is 5.10 Å². The molecule has 1 aromatic carbocycles. The summed E-state index contributed by atoms with van der Waals surface area (Å²) >= 11 is 11.9. The number of benzene rings is 1. The molecule has 96 valence electrons. The van der Waals surface area contributed by atoms with E-state index in [4.69, 9.17) is 27.9 Å². The highest BCUT2D eigenvalue weighted by Gasteiger charge is 2.06. The van der Waals surface area contributed by atoms with E-state index in [1.165, 1.54) is 0 Å². The van der Waals surface area contributed by atoms with Crippen molar-refractivity contribution in [3.63, 3.8) is 0 Å². The van der Waals surface area contributed by atoms with Gasteiger partial charge in [-0.05, 0) is 32.0 Å². The van der Waals surface area contributed by atoms with Gasteiger partial charge in [-0.15, -0.1) is 0 Å². The Bertz CT molecular complexity index is 538. The molecule has 1 aromatic heterocycles. The third-order valence-corrected chi connectivity index (χ3v) is 3.01. The number of aromatic nitrogens is 2. The van der Waals surface area contributed by atoms with E-state index in [0.29, 0.717) is 28.4 Å². The largest absolute Gasteiger partial charge is 0.486 e. The Balaban J connectivity index is 2.04. The van der Waals surface area contributed by atoms with Crippen LogP contribution < -0.4 is 4.74 Å². The van der Waals surface area contributed by atoms with Gasteiger partial charge in [0.1, 0.15) is 12.4 Å². The van der Waals surface area contributed by atoms with E-state index >= 15 is 0 Å². The summed E-state index contributed by atoms with van der Waals surface area (Å²) in [5, 5.41) is 5.54. The Morgan fingerprint density at radius 1 is 1.28 bits per heavy atom. The second kappa shape index (κ2) is 5.63. The van der Waals surface area contributed by atoms with Gasteiger partial charge in [0.25, 0.3) is 0 Å². The molecule has 18 heavy (non-hydrogen) atoms. The molecule has 0 radical (unpaired) electrons. The van der Waals surface area contributed by atoms with Crippen molar-refractivity contribution in [2.75, 3.05) is 0 Å². The maximum atomic E-state index is 6.01. The summed E-state index contributed by atoms with van der Waals surface area (Å²) in [6.07, 6.45) is 1.93. The zero-order chi connectivity index (χ0) is 13.1. The minimum absolute atomic E-state index is 0.341. The molecule has 0 saturated carbocycles. The summed E-state index contributed by atoms with van der Waals surface area (Å²) in [6, 6.07) is 7.41. The van der Waals surface area contributed by atoms with Crippen LogP contribution in [0.2, 0.25) is 10.0 Å². The van der Waals surface area contributed by atoms with Crippen molar-refractivity contribution < 1.29 is 4.74 Å². The van der Waals surface area contributed by atoms with Gasteiger partial charge in [0.2, 0.25) is 0 Å². The highest BCUT2D eigenvalue weighted by Crippen LogP contribution is 2.28. The number of nitrogens with zero attached hydrogens (tertiary/aromatic N) is 2. The minimum atomic E-state index is 0.341. The summed E-state index contributed by atoms with van der Waals surface area (Å²) in [6.45, 7) is 4.52. The quantitative estimate of drug-likeness (QED) is 0.835. The first kappa shape index (κ1) is 13.2. The number of ether oxygens (including phenoxy) is 1. The lowest BCUT2D eigenvalue weighted by Gasteiger charge is -2.07. The number of rotatable bonds is 4. The fourth-order valence-corrected chi connectivity index (χ4v) is 1.82. The van der Waals surface area contributed by atoms with E-state index in [-0.39, 0.29) is 0 Å². The van der Waals surface area contributed by atoms with Gasteiger partial charge in [-0.25, -0.2) is 0 Å². The molecule has 0 aliphatic heterocycles. The minimum Gasteiger partial charge on any atom is -0.486 e. The maximum Gasteiger partial charge on any atom is 0.139 e. The van der Waals surface area contributed by atoms with E-state index in [9.17, 15) is 0 Å². The van der Waals surface area contributed by atoms with Gasteiger partial charge in [-0.1, -0.05) is 23.2 Å². The van der Waals surface area contributed by atoms with E-state index < -0.39 is 0 Å². The molecule has 3 nitrogen and oxygen atoms in total. The Kier molecular flexibility index (Phi) is 4.15. The second-order valence-electron chi connectivity index (χ2n) is 4.24. The molecule has 0 N–H and O–H groups in total. The van der Waals surface area contributed by atoms with E-state index in [1.807, 2.05) is 16.9 Å². The molecule has 0 fully saturated rings. The van der Waals surface area contributed by atoms with Gasteiger partial charge in [0.15, 0.2) is 0 Å². The van der Waals surface area contributed by atoms with Crippen molar-refractivity contribution in [3.05, 3.63) is 46.2 Å². The number of hydrogen-bond donors (Lipinski definition) is 0. The smallest absolute Gasteiger partial charge is 0.139 e. The molecule has 0 atom stereocenters. The lowest BCUT2D eigenvalue weighted by molar-refractivity contribution is 0.299. The summed E-state index contributed by atoms with van der Waals surface area (Å²) in [5.74, 6) is 0.572. The van der Waals surface area contributed by atoms with Crippen molar-refractivity contribution in [2.24, 2.45) is 0 Å². The van der Waals surface area contributed by atoms with E-state index in [0.717, 1.165) is 5.69 Å². The Morgan fingerprint density at radius 2 is 2.06 bits per heavy atom. The Hall–Kier alpha value is -1.19. The lowest BCUT2D eigenvalue weighted by Crippen LogP contribution is -2.03. The van der Waals surface area contributed by atoms with Crippen LogP contribution >= 0.6 is 23.2 Å². The molecule has 0 aliphatic carbocycles. The van der Waals surface area contributed by atoms with Gasteiger partial charge in [0.05, 0.1) is 10.7 Å². The third kappa shape index (κ3) is 3.18. The van der Waals surface area contributed by atoms with Crippen LogP contribution in [-0.4, -0.2) is 9.78 Å². The van der Waals surface area contributed by atoms with Crippen LogP contribution in [0.1, 0.15) is 25.6 Å². The first-order chi connectivity index (χ1) is 8.56. The molecule has 0 unspecified atom stereocenters. The van der Waals surface area contributed by atoms with Crippen LogP contribution in [0, 0.1) is 0 Å². The summed E-state index contributed by atoms with van der Waals surface area (Å²) < 4.78 is 7.49. The second-order valence-corrected chi connectivity index (χ2v) is 5.09. The molecular formula is C13H14Cl2N2O. The summed E-state index contributed by atoms with van der Waals surface area (Å²) in [7, 11) is 0. The average molecular weight is 285 g/mol. The third-order valence-electron chi connectivity index (χ3n) is 2.46. The summed E-state index contributed by atoms with van der Waals surface area (Å²) in [4.78, 5) is 0. The van der Waals surface area contributed by atoms with E-state index in [1.54, 1.807) is 18.2 Å². The lowest BCUT2D eigenvalue weighted by atomic mass is 10.3. The normalized spacial score (nSPS) is 10.9. The average Bonchev–Trinajstić information content (AvgIpc) is 2.79. The highest BCUT2D eigenvalue weighted by molar-refractivity contribution is 6.34. The fourth-order valence-electron chi connectivity index (χ4n) is 1.48. The maximum absolute atomic E-state index is 6.01. The van der Waals surface area contributed by atoms with Crippen molar-refractivity contribution in [1.82, 2.24) is 9.78 Å². The molecular weight excluding hydrogens is 271 g/mol. The zero-order valence-electron chi connectivity index (χ0n) is 10.2. The highest BCUT2D eigenvalue weighted by atomic mass is 35.5. The molecule has 5 heteroatoms. The van der Waals surface area contributed by atoms with Gasteiger partial charge in [0, 0.05) is 23.3 Å². The van der Waals surface area contributed by atoms with Gasteiger partial charge < -0.3 is 4.74 Å². The molecule has 0 spiro atoms. The van der Waals surface area contributed by atoms with Crippen LogP contribution in [0.25, 0.3) is 0 Å². The Morgan fingerprint density at radius 3 is 2.72 bits per heavy atom. The summed E-state index contributed by atoms with van der Waals surface area (Å²) in [5.41, 5.74) is 0.861. The number of hydrogen-bond acceptors (Lipinski definition) is 2. The van der Waals surface area contributed by atoms with E-state index in [2.05, 4.69) is 18.9 Å². The standard InChI is InChI=1S/C13H14Cl2N2O/c1-9(2)17-6-5-11(16-17)8-18-13-7-10(14)3-4-12(13)15/h3-7,9H,8H2,1-2H3. The zero-order valence-corrected chi connectivity index (χ0v) is 11.7. The topological polar surface area (TPSA) is 27.1 Å². The van der Waals surface area contributed by atoms with Crippen molar-refractivity contribution >= 4 is 23.2 Å². The van der Waals surface area contributed by atoms with Crippen LogP contribution in [0.15, 0.2) is 30.5 Å². The predicted octanol–water partition coefficient (Wildman–Crippen LogP) is 4.35. The molecule has 2 aromatic rings. The monoisotopic (exact) mass is 284 g/mol. The van der Waals surface area contributed by atoms with Gasteiger partial charge >= 0.3 is 0 Å². The molecule has 1 heterocycles. The van der Waals surface area contributed by atoms with Crippen molar-refractivity contribution in [1.29, 1.82) is 0 Å². The predicted molar refractivity (Wildman–Crippen MR) is 73.4 cm³/mol. The van der Waals surface area contributed by atoms with Crippen molar-refractivity contribution in [3.8, 4) is 5.75 Å². The van der Waals surface area contributed by atoms with Crippen LogP contribution in [0.3, 0.4) is 0 Å². The molecule has 0 aliphatic rings. The van der Waals surface area contributed by atoms with Gasteiger partial charge in [-0.3, -0.25) is 4.68 Å². The van der Waals surface area contributed by atoms with Crippen molar-refractivity contribution in [2.45, 2.75) is 26.5 Å². The first-order valence-electron chi connectivity index (χ1n) is 5.68. The fraction of sp³-hybridized carbons (Fsp3) is 0.308. The number of halogens is 2. The first-order valence-corrected chi connectivity index (χ1v) is 6.43. The van der Waals surface area contributed by atoms with Crippen LogP contribution in [-0.2, 0) is 6.61 Å². The van der Waals surface area contributed by atoms with Crippen LogP contribution in [0.4, 0.5) is 0 Å². The molecule has 0 bridgehead atoms. The molecule has 0 saturated heterocycles.